The Morgan fingerprint density at radius 1 is 1.17 bits per heavy atom. The van der Waals surface area contributed by atoms with Crippen LogP contribution in [-0.4, -0.2) is 11.9 Å². The minimum Gasteiger partial charge on any atom is -0.349 e. The molecule has 3 rings (SSSR count). The molecule has 1 amide bonds. The van der Waals surface area contributed by atoms with Gasteiger partial charge in [-0.2, -0.15) is 0 Å². The largest absolute Gasteiger partial charge is 0.349 e. The maximum atomic E-state index is 11.9. The fourth-order valence-corrected chi connectivity index (χ4v) is 2.50. The number of hydrogen-bond donors (Lipinski definition) is 1. The molecule has 2 aromatic rings. The molecule has 18 heavy (non-hydrogen) atoms. The smallest absolute Gasteiger partial charge is 0.252 e. The van der Waals surface area contributed by atoms with Crippen molar-refractivity contribution in [2.75, 3.05) is 0 Å². The average molecular weight is 327 g/mol. The van der Waals surface area contributed by atoms with Crippen molar-refractivity contribution < 1.29 is 4.79 Å². The van der Waals surface area contributed by atoms with Crippen LogP contribution in [0.4, 0.5) is 0 Å². The van der Waals surface area contributed by atoms with Gasteiger partial charge in [-0.3, -0.25) is 4.79 Å². The van der Waals surface area contributed by atoms with Gasteiger partial charge in [0.2, 0.25) is 0 Å². The van der Waals surface area contributed by atoms with Gasteiger partial charge in [0.15, 0.2) is 0 Å². The molecular weight excluding hydrogens is 313 g/mol. The number of carbonyl (C=O) groups excluding carboxylic acids is 1. The third kappa shape index (κ3) is 3.51. The van der Waals surface area contributed by atoms with Gasteiger partial charge < -0.3 is 5.32 Å². The van der Waals surface area contributed by atoms with Crippen LogP contribution < -0.4 is 5.32 Å². The quantitative estimate of drug-likeness (QED) is 0.886. The van der Waals surface area contributed by atoms with E-state index in [0.29, 0.717) is 6.04 Å². The molecule has 1 saturated carbocycles. The Balaban J connectivity index is 0.000000963. The van der Waals surface area contributed by atoms with E-state index in [1.165, 1.54) is 4.70 Å². The zero-order valence-electron chi connectivity index (χ0n) is 9.42. The van der Waals surface area contributed by atoms with Crippen LogP contribution in [0, 0.1) is 0 Å². The van der Waals surface area contributed by atoms with Crippen LogP contribution in [0.5, 0.6) is 0 Å². The lowest BCUT2D eigenvalue weighted by atomic mass is 10.1. The van der Waals surface area contributed by atoms with Gasteiger partial charge in [0.25, 0.3) is 5.91 Å². The molecule has 1 heterocycles. The van der Waals surface area contributed by atoms with E-state index in [1.807, 2.05) is 29.6 Å². The van der Waals surface area contributed by atoms with Crippen LogP contribution in [-0.2, 0) is 0 Å². The lowest BCUT2D eigenvalue weighted by Crippen LogP contribution is -2.25. The highest BCUT2D eigenvalue weighted by atomic mass is 35.5. The zero-order chi connectivity index (χ0) is 10.3. The summed E-state index contributed by atoms with van der Waals surface area (Å²) in [4.78, 5) is 11.9. The summed E-state index contributed by atoms with van der Waals surface area (Å²) in [6.45, 7) is 0. The van der Waals surface area contributed by atoms with Gasteiger partial charge in [-0.25, -0.2) is 0 Å². The number of thiophene rings is 1. The molecule has 6 heteroatoms. The predicted molar refractivity (Wildman–Crippen MR) is 84.1 cm³/mol. The minimum atomic E-state index is 0. The van der Waals surface area contributed by atoms with Gasteiger partial charge in [-0.1, -0.05) is 6.07 Å². The Morgan fingerprint density at radius 3 is 2.56 bits per heavy atom. The summed E-state index contributed by atoms with van der Waals surface area (Å²) in [6.07, 6.45) is 2.26. The second-order valence-corrected chi connectivity index (χ2v) is 4.83. The average Bonchev–Trinajstić information content (AvgIpc) is 2.93. The third-order valence-corrected chi connectivity index (χ3v) is 3.54. The van der Waals surface area contributed by atoms with Crippen LogP contribution in [0.2, 0.25) is 0 Å². The van der Waals surface area contributed by atoms with Crippen molar-refractivity contribution in [2.45, 2.75) is 18.9 Å². The summed E-state index contributed by atoms with van der Waals surface area (Å²) < 4.78 is 1.18. The highest BCUT2D eigenvalue weighted by molar-refractivity contribution is 7.17. The predicted octanol–water partition coefficient (Wildman–Crippen LogP) is 4.06. The second-order valence-electron chi connectivity index (χ2n) is 3.89. The maximum absolute atomic E-state index is 11.9. The summed E-state index contributed by atoms with van der Waals surface area (Å²) >= 11 is 1.67. The number of halogens is 3. The van der Waals surface area contributed by atoms with Crippen LogP contribution in [0.1, 0.15) is 23.2 Å². The van der Waals surface area contributed by atoms with E-state index >= 15 is 0 Å². The first kappa shape index (κ1) is 17.5. The molecule has 0 spiro atoms. The number of amides is 1. The Kier molecular flexibility index (Phi) is 7.00. The SMILES string of the molecule is Cl.Cl.Cl.O=C(NC1CC1)c1cccc2sccc12. The molecule has 0 radical (unpaired) electrons. The third-order valence-electron chi connectivity index (χ3n) is 2.65. The lowest BCUT2D eigenvalue weighted by Gasteiger charge is -2.04. The normalized spacial score (nSPS) is 12.9. The molecule has 0 bridgehead atoms. The zero-order valence-corrected chi connectivity index (χ0v) is 12.7. The minimum absolute atomic E-state index is 0. The molecule has 0 saturated heterocycles. The number of rotatable bonds is 2. The first-order valence-electron chi connectivity index (χ1n) is 5.12. The summed E-state index contributed by atoms with van der Waals surface area (Å²) in [5, 5.41) is 6.11. The summed E-state index contributed by atoms with van der Waals surface area (Å²) in [5.74, 6) is 0.0708. The molecule has 2 nitrogen and oxygen atoms in total. The topological polar surface area (TPSA) is 29.1 Å². The Morgan fingerprint density at radius 2 is 1.89 bits per heavy atom. The van der Waals surface area contributed by atoms with E-state index in [-0.39, 0.29) is 43.1 Å². The van der Waals surface area contributed by atoms with Gasteiger partial charge in [-0.05, 0) is 36.4 Å². The standard InChI is InChI=1S/C12H11NOS.3ClH/c14-12(13-8-4-5-8)10-2-1-3-11-9(10)6-7-15-11;;;/h1-3,6-8H,4-5H2,(H,13,14);3*1H. The van der Waals surface area contributed by atoms with E-state index in [0.717, 1.165) is 23.8 Å². The van der Waals surface area contributed by atoms with Gasteiger partial charge in [-0.15, -0.1) is 48.6 Å². The van der Waals surface area contributed by atoms with E-state index in [2.05, 4.69) is 5.32 Å². The summed E-state index contributed by atoms with van der Waals surface area (Å²) in [5.41, 5.74) is 0.806. The van der Waals surface area contributed by atoms with Crippen molar-refractivity contribution in [2.24, 2.45) is 0 Å². The molecule has 0 unspecified atom stereocenters. The van der Waals surface area contributed by atoms with Crippen molar-refractivity contribution in [3.05, 3.63) is 35.2 Å². The fraction of sp³-hybridized carbons (Fsp3) is 0.250. The Labute approximate surface area is 128 Å². The van der Waals surface area contributed by atoms with Crippen LogP contribution in [0.3, 0.4) is 0 Å². The van der Waals surface area contributed by atoms with Gasteiger partial charge in [0.1, 0.15) is 0 Å². The van der Waals surface area contributed by atoms with E-state index in [4.69, 9.17) is 0 Å². The molecule has 1 N–H and O–H groups in total. The molecular formula is C12H14Cl3NOS. The summed E-state index contributed by atoms with van der Waals surface area (Å²) in [6, 6.07) is 8.33. The number of carbonyl (C=O) groups is 1. The number of hydrogen-bond acceptors (Lipinski definition) is 2. The van der Waals surface area contributed by atoms with Gasteiger partial charge in [0.05, 0.1) is 0 Å². The molecule has 0 atom stereocenters. The van der Waals surface area contributed by atoms with E-state index < -0.39 is 0 Å². The number of fused-ring (bicyclic) bond motifs is 1. The Hall–Kier alpha value is -0.480. The number of benzene rings is 1. The van der Waals surface area contributed by atoms with Crippen LogP contribution in [0.25, 0.3) is 10.1 Å². The van der Waals surface area contributed by atoms with Crippen molar-refractivity contribution >= 4 is 64.6 Å². The molecule has 1 aliphatic rings. The van der Waals surface area contributed by atoms with Crippen LogP contribution >= 0.6 is 48.6 Å². The highest BCUT2D eigenvalue weighted by Gasteiger charge is 2.24. The highest BCUT2D eigenvalue weighted by Crippen LogP contribution is 2.25. The Bertz CT molecular complexity index is 525. The van der Waals surface area contributed by atoms with Crippen LogP contribution in [0.15, 0.2) is 29.6 Å². The second kappa shape index (κ2) is 7.19. The van der Waals surface area contributed by atoms with E-state index in [9.17, 15) is 4.79 Å². The molecule has 1 aliphatic carbocycles. The van der Waals surface area contributed by atoms with Crippen molar-refractivity contribution in [3.8, 4) is 0 Å². The molecule has 1 fully saturated rings. The maximum Gasteiger partial charge on any atom is 0.252 e. The van der Waals surface area contributed by atoms with Crippen molar-refractivity contribution in [1.29, 1.82) is 0 Å². The van der Waals surface area contributed by atoms with Crippen molar-refractivity contribution in [3.63, 3.8) is 0 Å². The first-order valence-corrected chi connectivity index (χ1v) is 5.99. The van der Waals surface area contributed by atoms with E-state index in [1.54, 1.807) is 11.3 Å². The lowest BCUT2D eigenvalue weighted by molar-refractivity contribution is 0.0953. The molecule has 100 valence electrons. The van der Waals surface area contributed by atoms with Gasteiger partial charge in [0, 0.05) is 21.7 Å². The first-order chi connectivity index (χ1) is 7.34. The molecule has 1 aromatic heterocycles. The summed E-state index contributed by atoms with van der Waals surface area (Å²) in [7, 11) is 0. The molecule has 1 aromatic carbocycles. The van der Waals surface area contributed by atoms with Gasteiger partial charge >= 0.3 is 0 Å². The van der Waals surface area contributed by atoms with Crippen molar-refractivity contribution in [1.82, 2.24) is 5.32 Å². The fourth-order valence-electron chi connectivity index (χ4n) is 1.68. The monoisotopic (exact) mass is 325 g/mol. The number of nitrogens with one attached hydrogen (secondary N) is 1. The molecule has 0 aliphatic heterocycles.